The van der Waals surface area contributed by atoms with E-state index in [1.165, 1.54) is 6.07 Å². The molecule has 0 aromatic heterocycles. The fourth-order valence-electron chi connectivity index (χ4n) is 1.78. The van der Waals surface area contributed by atoms with E-state index in [2.05, 4.69) is 21.2 Å². The van der Waals surface area contributed by atoms with Gasteiger partial charge < -0.3 is 11.1 Å². The summed E-state index contributed by atoms with van der Waals surface area (Å²) < 4.78 is 14.2. The van der Waals surface area contributed by atoms with Crippen molar-refractivity contribution in [2.24, 2.45) is 11.7 Å². The minimum absolute atomic E-state index is 0.0349. The number of benzene rings is 1. The number of halogens is 2. The normalized spacial score (nSPS) is 11.9. The number of nitrogens with two attached hydrogens (primary N) is 1. The van der Waals surface area contributed by atoms with E-state index in [4.69, 9.17) is 5.73 Å². The first-order chi connectivity index (χ1) is 9.40. The lowest BCUT2D eigenvalue weighted by atomic mass is 10.1. The Labute approximate surface area is 126 Å². The van der Waals surface area contributed by atoms with Crippen molar-refractivity contribution < 1.29 is 14.0 Å². The van der Waals surface area contributed by atoms with Gasteiger partial charge in [-0.3, -0.25) is 9.59 Å². The molecule has 0 radical (unpaired) electrons. The maximum absolute atomic E-state index is 13.5. The Morgan fingerprint density at radius 1 is 1.45 bits per heavy atom. The molecule has 1 rings (SSSR count). The largest absolute Gasteiger partial charge is 0.370 e. The van der Waals surface area contributed by atoms with E-state index in [1.807, 2.05) is 0 Å². The van der Waals surface area contributed by atoms with Crippen molar-refractivity contribution in [3.8, 4) is 0 Å². The van der Waals surface area contributed by atoms with Crippen molar-refractivity contribution in [3.63, 3.8) is 0 Å². The van der Waals surface area contributed by atoms with Crippen LogP contribution in [0.1, 0.15) is 25.3 Å². The van der Waals surface area contributed by atoms with E-state index in [1.54, 1.807) is 19.1 Å². The first-order valence-electron chi connectivity index (χ1n) is 6.40. The summed E-state index contributed by atoms with van der Waals surface area (Å²) in [5, 5.41) is 2.71. The zero-order valence-corrected chi connectivity index (χ0v) is 12.9. The summed E-state index contributed by atoms with van der Waals surface area (Å²) in [5.41, 5.74) is 5.64. The Balaban J connectivity index is 2.31. The highest BCUT2D eigenvalue weighted by atomic mass is 79.9. The van der Waals surface area contributed by atoms with Crippen LogP contribution >= 0.6 is 15.9 Å². The molecule has 0 unspecified atom stereocenters. The number of primary amides is 1. The smallest absolute Gasteiger partial charge is 0.223 e. The van der Waals surface area contributed by atoms with E-state index in [9.17, 15) is 14.0 Å². The summed E-state index contributed by atoms with van der Waals surface area (Å²) >= 11 is 3.20. The van der Waals surface area contributed by atoms with Gasteiger partial charge in [-0.05, 0) is 30.5 Å². The number of carbonyl (C=O) groups excluding carboxylic acids is 2. The maximum atomic E-state index is 13.5. The molecule has 0 fully saturated rings. The molecular formula is C14H18BrFN2O2. The third-order valence-electron chi connectivity index (χ3n) is 2.89. The number of aryl methyl sites for hydroxylation is 1. The van der Waals surface area contributed by atoms with Crippen LogP contribution in [0.15, 0.2) is 22.7 Å². The van der Waals surface area contributed by atoms with Crippen LogP contribution in [-0.2, 0) is 16.0 Å². The average Bonchev–Trinajstić information content (AvgIpc) is 2.35. The van der Waals surface area contributed by atoms with Crippen molar-refractivity contribution in [3.05, 3.63) is 34.1 Å². The predicted molar refractivity (Wildman–Crippen MR) is 78.4 cm³/mol. The van der Waals surface area contributed by atoms with Crippen LogP contribution in [0.3, 0.4) is 0 Å². The fraction of sp³-hybridized carbons (Fsp3) is 0.429. The molecule has 4 nitrogen and oxygen atoms in total. The lowest BCUT2D eigenvalue weighted by Crippen LogP contribution is -2.32. The van der Waals surface area contributed by atoms with Gasteiger partial charge in [0.1, 0.15) is 5.82 Å². The van der Waals surface area contributed by atoms with Crippen LogP contribution in [0.4, 0.5) is 4.39 Å². The lowest BCUT2D eigenvalue weighted by Gasteiger charge is -2.10. The summed E-state index contributed by atoms with van der Waals surface area (Å²) in [6, 6.07) is 4.92. The number of carbonyl (C=O) groups is 2. The molecule has 1 aromatic rings. The van der Waals surface area contributed by atoms with E-state index in [0.717, 1.165) is 0 Å². The molecule has 0 heterocycles. The Morgan fingerprint density at radius 3 is 2.75 bits per heavy atom. The van der Waals surface area contributed by atoms with E-state index in [0.29, 0.717) is 29.4 Å². The number of amides is 2. The lowest BCUT2D eigenvalue weighted by molar-refractivity contribution is -0.128. The SMILES string of the molecule is C[C@@H](CC(N)=O)C(=O)NCCCc1ccc(Br)cc1F. The second kappa shape index (κ2) is 7.99. The molecule has 110 valence electrons. The zero-order valence-electron chi connectivity index (χ0n) is 11.3. The highest BCUT2D eigenvalue weighted by Gasteiger charge is 2.14. The first kappa shape index (κ1) is 16.6. The van der Waals surface area contributed by atoms with E-state index < -0.39 is 11.8 Å². The van der Waals surface area contributed by atoms with Gasteiger partial charge in [0.2, 0.25) is 11.8 Å². The molecule has 0 aliphatic heterocycles. The third kappa shape index (κ3) is 5.69. The fourth-order valence-corrected chi connectivity index (χ4v) is 2.12. The number of rotatable bonds is 7. The van der Waals surface area contributed by atoms with Gasteiger partial charge in [0.15, 0.2) is 0 Å². The highest BCUT2D eigenvalue weighted by Crippen LogP contribution is 2.16. The molecule has 6 heteroatoms. The molecule has 0 aliphatic carbocycles. The van der Waals surface area contributed by atoms with E-state index in [-0.39, 0.29) is 18.1 Å². The Morgan fingerprint density at radius 2 is 2.15 bits per heavy atom. The van der Waals surface area contributed by atoms with E-state index >= 15 is 0 Å². The van der Waals surface area contributed by atoms with Crippen molar-refractivity contribution in [2.45, 2.75) is 26.2 Å². The molecule has 0 bridgehead atoms. The van der Waals surface area contributed by atoms with Crippen LogP contribution in [0.25, 0.3) is 0 Å². The minimum atomic E-state index is -0.496. The molecule has 2 amide bonds. The Hall–Kier alpha value is -1.43. The predicted octanol–water partition coefficient (Wildman–Crippen LogP) is 2.15. The topological polar surface area (TPSA) is 72.2 Å². The third-order valence-corrected chi connectivity index (χ3v) is 3.39. The summed E-state index contributed by atoms with van der Waals surface area (Å²) in [7, 11) is 0. The number of hydrogen-bond acceptors (Lipinski definition) is 2. The van der Waals surface area contributed by atoms with Crippen LogP contribution in [0.2, 0.25) is 0 Å². The average molecular weight is 345 g/mol. The van der Waals surface area contributed by atoms with Gasteiger partial charge in [0, 0.05) is 23.4 Å². The van der Waals surface area contributed by atoms with Crippen molar-refractivity contribution >= 4 is 27.7 Å². The Kier molecular flexibility index (Phi) is 6.64. The quantitative estimate of drug-likeness (QED) is 0.744. The van der Waals surface area contributed by atoms with Gasteiger partial charge in [-0.15, -0.1) is 0 Å². The molecule has 0 saturated heterocycles. The number of hydrogen-bond donors (Lipinski definition) is 2. The summed E-state index contributed by atoms with van der Waals surface area (Å²) in [6.07, 6.45) is 1.21. The standard InChI is InChI=1S/C14H18BrFN2O2/c1-9(7-13(17)19)14(20)18-6-2-3-10-4-5-11(15)8-12(10)16/h4-5,8-9H,2-3,6-7H2,1H3,(H2,17,19)(H,18,20)/t9-/m0/s1. The van der Waals surface area contributed by atoms with Gasteiger partial charge in [0.25, 0.3) is 0 Å². The monoisotopic (exact) mass is 344 g/mol. The summed E-state index contributed by atoms with van der Waals surface area (Å²) in [6.45, 7) is 2.09. The molecule has 1 atom stereocenters. The van der Waals surface area contributed by atoms with Crippen LogP contribution < -0.4 is 11.1 Å². The summed E-state index contributed by atoms with van der Waals surface area (Å²) in [4.78, 5) is 22.3. The second-order valence-electron chi connectivity index (χ2n) is 4.70. The number of nitrogens with one attached hydrogen (secondary N) is 1. The van der Waals surface area contributed by atoms with Gasteiger partial charge >= 0.3 is 0 Å². The molecule has 3 N–H and O–H groups in total. The van der Waals surface area contributed by atoms with Gasteiger partial charge in [-0.25, -0.2) is 4.39 Å². The van der Waals surface area contributed by atoms with Gasteiger partial charge in [0.05, 0.1) is 0 Å². The molecule has 0 spiro atoms. The minimum Gasteiger partial charge on any atom is -0.370 e. The van der Waals surface area contributed by atoms with Crippen molar-refractivity contribution in [1.82, 2.24) is 5.32 Å². The summed E-state index contributed by atoms with van der Waals surface area (Å²) in [5.74, 6) is -1.39. The van der Waals surface area contributed by atoms with Gasteiger partial charge in [-0.2, -0.15) is 0 Å². The Bertz CT molecular complexity index is 494. The van der Waals surface area contributed by atoms with Crippen LogP contribution in [0, 0.1) is 11.7 Å². The molecule has 1 aromatic carbocycles. The molecular weight excluding hydrogens is 327 g/mol. The van der Waals surface area contributed by atoms with Crippen LogP contribution in [-0.4, -0.2) is 18.4 Å². The zero-order chi connectivity index (χ0) is 15.1. The molecule has 20 heavy (non-hydrogen) atoms. The highest BCUT2D eigenvalue weighted by molar-refractivity contribution is 9.10. The maximum Gasteiger partial charge on any atom is 0.223 e. The first-order valence-corrected chi connectivity index (χ1v) is 7.19. The van der Waals surface area contributed by atoms with Gasteiger partial charge in [-0.1, -0.05) is 28.9 Å². The molecule has 0 aliphatic rings. The van der Waals surface area contributed by atoms with Crippen molar-refractivity contribution in [1.29, 1.82) is 0 Å². The van der Waals surface area contributed by atoms with Crippen molar-refractivity contribution in [2.75, 3.05) is 6.54 Å². The molecule has 0 saturated carbocycles. The van der Waals surface area contributed by atoms with Crippen LogP contribution in [0.5, 0.6) is 0 Å². The second-order valence-corrected chi connectivity index (χ2v) is 5.62.